The number of aromatic nitrogens is 3. The van der Waals surface area contributed by atoms with Gasteiger partial charge < -0.3 is 4.98 Å². The van der Waals surface area contributed by atoms with Gasteiger partial charge in [-0.2, -0.15) is 0 Å². The predicted octanol–water partition coefficient (Wildman–Crippen LogP) is 3.95. The monoisotopic (exact) mass is 320 g/mol. The summed E-state index contributed by atoms with van der Waals surface area (Å²) in [6.07, 6.45) is 5.19. The number of fused-ring (bicyclic) bond motifs is 2. The Morgan fingerprint density at radius 2 is 2.17 bits per heavy atom. The number of H-pyrrole nitrogens is 1. The summed E-state index contributed by atoms with van der Waals surface area (Å²) in [6, 6.07) is 6.63. The van der Waals surface area contributed by atoms with Crippen LogP contribution in [0.15, 0.2) is 30.6 Å². The molecule has 1 aliphatic rings. The molecule has 0 aliphatic carbocycles. The average molecular weight is 320 g/mol. The highest BCUT2D eigenvalue weighted by atomic mass is 15.1. The first-order valence-corrected chi connectivity index (χ1v) is 8.74. The lowest BCUT2D eigenvalue weighted by atomic mass is 10.0. The normalized spacial score (nSPS) is 15.2. The molecular formula is C20H24N4. The van der Waals surface area contributed by atoms with Gasteiger partial charge >= 0.3 is 0 Å². The van der Waals surface area contributed by atoms with Crippen molar-refractivity contribution in [2.24, 2.45) is 0 Å². The Kier molecular flexibility index (Phi) is 3.85. The van der Waals surface area contributed by atoms with Crippen LogP contribution in [-0.4, -0.2) is 26.4 Å². The molecule has 0 unspecified atom stereocenters. The van der Waals surface area contributed by atoms with E-state index in [9.17, 15) is 0 Å². The standard InChI is InChI=1S/C20H24N4/c1-13(2)20-22-10-16-12-24(7-6-18(16)23-20)11-15-9-21-19-8-14(3)4-5-17(15)19/h4-5,8-10,13,21H,6-7,11-12H2,1-3H3. The maximum absolute atomic E-state index is 4.76. The minimum Gasteiger partial charge on any atom is -0.361 e. The van der Waals surface area contributed by atoms with Crippen LogP contribution in [0.25, 0.3) is 10.9 Å². The molecular weight excluding hydrogens is 296 g/mol. The van der Waals surface area contributed by atoms with Gasteiger partial charge in [0.05, 0.1) is 0 Å². The fourth-order valence-electron chi connectivity index (χ4n) is 3.48. The van der Waals surface area contributed by atoms with E-state index in [1.165, 1.54) is 33.3 Å². The zero-order chi connectivity index (χ0) is 16.7. The summed E-state index contributed by atoms with van der Waals surface area (Å²) in [5, 5.41) is 1.33. The topological polar surface area (TPSA) is 44.8 Å². The van der Waals surface area contributed by atoms with Crippen LogP contribution >= 0.6 is 0 Å². The van der Waals surface area contributed by atoms with E-state index in [1.807, 2.05) is 6.20 Å². The highest BCUT2D eigenvalue weighted by Gasteiger charge is 2.20. The number of aryl methyl sites for hydroxylation is 1. The predicted molar refractivity (Wildman–Crippen MR) is 97.0 cm³/mol. The molecule has 0 atom stereocenters. The Bertz CT molecular complexity index is 878. The van der Waals surface area contributed by atoms with Gasteiger partial charge in [0.15, 0.2) is 0 Å². The summed E-state index contributed by atoms with van der Waals surface area (Å²) >= 11 is 0. The third kappa shape index (κ3) is 2.82. The molecule has 2 aromatic heterocycles. The molecule has 1 aliphatic heterocycles. The zero-order valence-corrected chi connectivity index (χ0v) is 14.6. The molecule has 0 saturated heterocycles. The van der Waals surface area contributed by atoms with Crippen LogP contribution in [0.1, 0.15) is 48.0 Å². The Morgan fingerprint density at radius 1 is 1.29 bits per heavy atom. The van der Waals surface area contributed by atoms with Crippen LogP contribution in [0, 0.1) is 6.92 Å². The molecule has 0 radical (unpaired) electrons. The summed E-state index contributed by atoms with van der Waals surface area (Å²) in [4.78, 5) is 15.2. The second kappa shape index (κ2) is 6.02. The minimum absolute atomic E-state index is 0.392. The van der Waals surface area contributed by atoms with E-state index in [1.54, 1.807) is 0 Å². The summed E-state index contributed by atoms with van der Waals surface area (Å²) in [7, 11) is 0. The second-order valence-corrected chi connectivity index (χ2v) is 7.18. The van der Waals surface area contributed by atoms with Gasteiger partial charge in [0.1, 0.15) is 5.82 Å². The van der Waals surface area contributed by atoms with Crippen molar-refractivity contribution in [2.45, 2.75) is 46.2 Å². The van der Waals surface area contributed by atoms with Gasteiger partial charge in [-0.1, -0.05) is 26.0 Å². The Morgan fingerprint density at radius 3 is 3.00 bits per heavy atom. The molecule has 0 spiro atoms. The molecule has 3 heterocycles. The first-order valence-electron chi connectivity index (χ1n) is 8.74. The van der Waals surface area contributed by atoms with Crippen molar-refractivity contribution in [2.75, 3.05) is 6.54 Å². The zero-order valence-electron chi connectivity index (χ0n) is 14.6. The van der Waals surface area contributed by atoms with E-state index in [0.717, 1.165) is 31.9 Å². The maximum Gasteiger partial charge on any atom is 0.131 e. The van der Waals surface area contributed by atoms with E-state index in [-0.39, 0.29) is 0 Å². The van der Waals surface area contributed by atoms with Crippen molar-refractivity contribution in [1.29, 1.82) is 0 Å². The van der Waals surface area contributed by atoms with E-state index in [0.29, 0.717) is 5.92 Å². The smallest absolute Gasteiger partial charge is 0.131 e. The largest absolute Gasteiger partial charge is 0.361 e. The Hall–Kier alpha value is -2.20. The number of benzene rings is 1. The minimum atomic E-state index is 0.392. The Labute approximate surface area is 142 Å². The van der Waals surface area contributed by atoms with Crippen molar-refractivity contribution >= 4 is 10.9 Å². The number of hydrogen-bond donors (Lipinski definition) is 1. The van der Waals surface area contributed by atoms with Gasteiger partial charge in [0, 0.05) is 66.5 Å². The van der Waals surface area contributed by atoms with Gasteiger partial charge in [0.2, 0.25) is 0 Å². The van der Waals surface area contributed by atoms with Gasteiger partial charge in [-0.05, 0) is 24.1 Å². The quantitative estimate of drug-likeness (QED) is 0.795. The summed E-state index contributed by atoms with van der Waals surface area (Å²) in [5.74, 6) is 1.36. The van der Waals surface area contributed by atoms with E-state index < -0.39 is 0 Å². The molecule has 0 amide bonds. The molecule has 124 valence electrons. The maximum atomic E-state index is 4.76. The molecule has 1 aromatic carbocycles. The van der Waals surface area contributed by atoms with Gasteiger partial charge in [-0.15, -0.1) is 0 Å². The van der Waals surface area contributed by atoms with Gasteiger partial charge in [-0.25, -0.2) is 9.97 Å². The first-order chi connectivity index (χ1) is 11.6. The van der Waals surface area contributed by atoms with Crippen LogP contribution in [0.5, 0.6) is 0 Å². The number of aromatic amines is 1. The van der Waals surface area contributed by atoms with Crippen LogP contribution in [0.4, 0.5) is 0 Å². The lowest BCUT2D eigenvalue weighted by Gasteiger charge is -2.28. The summed E-state index contributed by atoms with van der Waals surface area (Å²) in [6.45, 7) is 9.39. The lowest BCUT2D eigenvalue weighted by molar-refractivity contribution is 0.243. The molecule has 3 aromatic rings. The molecule has 1 N–H and O–H groups in total. The molecule has 0 fully saturated rings. The SMILES string of the molecule is Cc1ccc2c(CN3CCc4nc(C(C)C)ncc4C3)c[nH]c2c1. The highest BCUT2D eigenvalue weighted by molar-refractivity contribution is 5.83. The van der Waals surface area contributed by atoms with Crippen molar-refractivity contribution in [3.8, 4) is 0 Å². The number of hydrogen-bond acceptors (Lipinski definition) is 3. The van der Waals surface area contributed by atoms with Crippen molar-refractivity contribution in [3.05, 3.63) is 58.8 Å². The fourth-order valence-corrected chi connectivity index (χ4v) is 3.48. The van der Waals surface area contributed by atoms with Crippen molar-refractivity contribution in [3.63, 3.8) is 0 Å². The van der Waals surface area contributed by atoms with Crippen LogP contribution in [0.3, 0.4) is 0 Å². The van der Waals surface area contributed by atoms with E-state index in [2.05, 4.69) is 60.0 Å². The van der Waals surface area contributed by atoms with Crippen LogP contribution in [-0.2, 0) is 19.5 Å². The third-order valence-electron chi connectivity index (χ3n) is 4.86. The van der Waals surface area contributed by atoms with E-state index in [4.69, 9.17) is 4.98 Å². The van der Waals surface area contributed by atoms with Gasteiger partial charge in [-0.3, -0.25) is 4.90 Å². The van der Waals surface area contributed by atoms with Crippen molar-refractivity contribution < 1.29 is 0 Å². The number of rotatable bonds is 3. The summed E-state index contributed by atoms with van der Waals surface area (Å²) in [5.41, 5.74) is 6.40. The summed E-state index contributed by atoms with van der Waals surface area (Å²) < 4.78 is 0. The van der Waals surface area contributed by atoms with Crippen LogP contribution in [0.2, 0.25) is 0 Å². The first kappa shape index (κ1) is 15.3. The van der Waals surface area contributed by atoms with Crippen molar-refractivity contribution in [1.82, 2.24) is 19.9 Å². The van der Waals surface area contributed by atoms with Crippen LogP contribution < -0.4 is 0 Å². The molecule has 4 heteroatoms. The molecule has 4 nitrogen and oxygen atoms in total. The number of nitrogens with one attached hydrogen (secondary N) is 1. The Balaban J connectivity index is 1.54. The fraction of sp³-hybridized carbons (Fsp3) is 0.400. The molecule has 0 saturated carbocycles. The molecule has 24 heavy (non-hydrogen) atoms. The molecule has 0 bridgehead atoms. The van der Waals surface area contributed by atoms with Gasteiger partial charge in [0.25, 0.3) is 0 Å². The molecule has 4 rings (SSSR count). The highest BCUT2D eigenvalue weighted by Crippen LogP contribution is 2.24. The number of nitrogens with zero attached hydrogens (tertiary/aromatic N) is 3. The lowest BCUT2D eigenvalue weighted by Crippen LogP contribution is -2.31. The average Bonchev–Trinajstić information content (AvgIpc) is 2.96. The second-order valence-electron chi connectivity index (χ2n) is 7.18. The third-order valence-corrected chi connectivity index (χ3v) is 4.86. The van der Waals surface area contributed by atoms with E-state index >= 15 is 0 Å².